The zero-order valence-electron chi connectivity index (χ0n) is 13.4. The molecular formula is C18H22FN3O. The quantitative estimate of drug-likeness (QED) is 0.658. The van der Waals surface area contributed by atoms with Gasteiger partial charge in [0.1, 0.15) is 5.82 Å². The van der Waals surface area contributed by atoms with Crippen molar-refractivity contribution >= 4 is 5.96 Å². The molecule has 0 amide bonds. The first kappa shape index (κ1) is 17.0. The summed E-state index contributed by atoms with van der Waals surface area (Å²) in [5, 5.41) is 13.3. The minimum absolute atomic E-state index is 0.259. The average molecular weight is 315 g/mol. The summed E-state index contributed by atoms with van der Waals surface area (Å²) in [6.45, 7) is 0.812. The summed E-state index contributed by atoms with van der Waals surface area (Å²) in [4.78, 5) is 6.37. The van der Waals surface area contributed by atoms with Crippen molar-refractivity contribution in [3.63, 3.8) is 0 Å². The van der Waals surface area contributed by atoms with Gasteiger partial charge in [-0.2, -0.15) is 0 Å². The number of halogens is 1. The number of guanidine groups is 1. The van der Waals surface area contributed by atoms with Crippen LogP contribution < -0.4 is 5.32 Å². The Morgan fingerprint density at radius 3 is 2.57 bits per heavy atom. The number of benzene rings is 2. The van der Waals surface area contributed by atoms with Crippen molar-refractivity contribution in [2.24, 2.45) is 4.99 Å². The van der Waals surface area contributed by atoms with E-state index in [0.717, 1.165) is 5.56 Å². The standard InChI is InChI=1S/C18H22FN3O/c1-22(2)18(20-12-14-7-4-3-5-8-14)21-13-17(23)15-9-6-10-16(19)11-15/h3-11,17,23H,12-13H2,1-2H3,(H,20,21). The number of aliphatic imine (C=N–C) groups is 1. The van der Waals surface area contributed by atoms with Gasteiger partial charge in [-0.25, -0.2) is 9.38 Å². The number of aliphatic hydroxyl groups excluding tert-OH is 1. The average Bonchev–Trinajstić information content (AvgIpc) is 2.55. The minimum Gasteiger partial charge on any atom is -0.387 e. The number of nitrogens with one attached hydrogen (secondary N) is 1. The molecule has 0 saturated carbocycles. The summed E-state index contributed by atoms with van der Waals surface area (Å²) in [6, 6.07) is 15.9. The maximum absolute atomic E-state index is 13.2. The van der Waals surface area contributed by atoms with Gasteiger partial charge < -0.3 is 15.3 Å². The van der Waals surface area contributed by atoms with Gasteiger partial charge in [0, 0.05) is 20.6 Å². The predicted molar refractivity (Wildman–Crippen MR) is 90.6 cm³/mol. The van der Waals surface area contributed by atoms with Gasteiger partial charge in [0.15, 0.2) is 5.96 Å². The van der Waals surface area contributed by atoms with Crippen LogP contribution in [0, 0.1) is 5.82 Å². The highest BCUT2D eigenvalue weighted by Crippen LogP contribution is 2.13. The molecule has 0 bridgehead atoms. The number of hydrogen-bond donors (Lipinski definition) is 2. The second kappa shape index (κ2) is 8.29. The zero-order chi connectivity index (χ0) is 16.7. The second-order valence-electron chi connectivity index (χ2n) is 5.47. The van der Waals surface area contributed by atoms with E-state index >= 15 is 0 Å². The number of nitrogens with zero attached hydrogens (tertiary/aromatic N) is 2. The third kappa shape index (κ3) is 5.38. The fourth-order valence-corrected chi connectivity index (χ4v) is 2.12. The molecule has 0 aliphatic rings. The van der Waals surface area contributed by atoms with Gasteiger partial charge >= 0.3 is 0 Å². The molecule has 0 spiro atoms. The summed E-state index contributed by atoms with van der Waals surface area (Å²) in [5.41, 5.74) is 1.65. The molecule has 122 valence electrons. The molecule has 0 saturated heterocycles. The smallest absolute Gasteiger partial charge is 0.193 e. The highest BCUT2D eigenvalue weighted by Gasteiger charge is 2.10. The molecule has 4 nitrogen and oxygen atoms in total. The van der Waals surface area contributed by atoms with Crippen molar-refractivity contribution in [2.75, 3.05) is 20.6 Å². The Morgan fingerprint density at radius 2 is 1.91 bits per heavy atom. The lowest BCUT2D eigenvalue weighted by molar-refractivity contribution is 0.179. The van der Waals surface area contributed by atoms with Crippen LogP contribution in [0.25, 0.3) is 0 Å². The Labute approximate surface area is 136 Å². The topological polar surface area (TPSA) is 47.9 Å². The third-order valence-corrected chi connectivity index (χ3v) is 3.36. The van der Waals surface area contributed by atoms with E-state index < -0.39 is 6.10 Å². The normalized spacial score (nSPS) is 12.8. The molecule has 5 heteroatoms. The summed E-state index contributed by atoms with van der Waals surface area (Å²) < 4.78 is 13.2. The maximum atomic E-state index is 13.2. The lowest BCUT2D eigenvalue weighted by Gasteiger charge is -2.20. The first-order valence-electron chi connectivity index (χ1n) is 7.49. The van der Waals surface area contributed by atoms with Crippen molar-refractivity contribution in [3.8, 4) is 0 Å². The fraction of sp³-hybridized carbons (Fsp3) is 0.278. The van der Waals surface area contributed by atoms with Crippen molar-refractivity contribution in [3.05, 3.63) is 71.5 Å². The molecular weight excluding hydrogens is 293 g/mol. The van der Waals surface area contributed by atoms with Crippen molar-refractivity contribution in [2.45, 2.75) is 12.6 Å². The molecule has 0 fully saturated rings. The lowest BCUT2D eigenvalue weighted by atomic mass is 10.1. The summed E-state index contributed by atoms with van der Waals surface area (Å²) in [5.74, 6) is 0.316. The highest BCUT2D eigenvalue weighted by molar-refractivity contribution is 5.79. The van der Waals surface area contributed by atoms with Crippen molar-refractivity contribution in [1.82, 2.24) is 10.2 Å². The van der Waals surface area contributed by atoms with Gasteiger partial charge in [-0.15, -0.1) is 0 Å². The van der Waals surface area contributed by atoms with Crippen molar-refractivity contribution < 1.29 is 9.50 Å². The van der Waals surface area contributed by atoms with Crippen molar-refractivity contribution in [1.29, 1.82) is 0 Å². The van der Waals surface area contributed by atoms with Crippen LogP contribution in [0.4, 0.5) is 4.39 Å². The Kier molecular flexibility index (Phi) is 6.11. The number of rotatable bonds is 5. The molecule has 2 N–H and O–H groups in total. The fourth-order valence-electron chi connectivity index (χ4n) is 2.12. The Bertz CT molecular complexity index is 644. The van der Waals surface area contributed by atoms with Crippen LogP contribution in [0.3, 0.4) is 0 Å². The summed E-state index contributed by atoms with van der Waals surface area (Å²) in [6.07, 6.45) is -0.799. The van der Waals surface area contributed by atoms with Gasteiger partial charge in [0.25, 0.3) is 0 Å². The SMILES string of the molecule is CN(C)C(=NCc1ccccc1)NCC(O)c1cccc(F)c1. The van der Waals surface area contributed by atoms with E-state index in [2.05, 4.69) is 10.3 Å². The number of hydrogen-bond acceptors (Lipinski definition) is 2. The second-order valence-corrected chi connectivity index (χ2v) is 5.47. The van der Waals surface area contributed by atoms with Crippen LogP contribution in [0.2, 0.25) is 0 Å². The summed E-state index contributed by atoms with van der Waals surface area (Å²) in [7, 11) is 3.76. The molecule has 0 aromatic heterocycles. The Hall–Kier alpha value is -2.40. The van der Waals surface area contributed by atoms with Crippen LogP contribution in [0.15, 0.2) is 59.6 Å². The lowest BCUT2D eigenvalue weighted by Crippen LogP contribution is -2.38. The highest BCUT2D eigenvalue weighted by atomic mass is 19.1. The molecule has 1 atom stereocenters. The molecule has 0 aliphatic carbocycles. The molecule has 1 unspecified atom stereocenters. The van der Waals surface area contributed by atoms with E-state index in [1.165, 1.54) is 12.1 Å². The third-order valence-electron chi connectivity index (χ3n) is 3.36. The van der Waals surface area contributed by atoms with Gasteiger partial charge in [-0.3, -0.25) is 0 Å². The molecule has 2 aromatic rings. The van der Waals surface area contributed by atoms with Gasteiger partial charge in [0.2, 0.25) is 0 Å². The monoisotopic (exact) mass is 315 g/mol. The van der Waals surface area contributed by atoms with Gasteiger partial charge in [-0.05, 0) is 23.3 Å². The van der Waals surface area contributed by atoms with E-state index in [-0.39, 0.29) is 12.4 Å². The number of aliphatic hydroxyl groups is 1. The van der Waals surface area contributed by atoms with E-state index in [1.54, 1.807) is 12.1 Å². The predicted octanol–water partition coefficient (Wildman–Crippen LogP) is 2.57. The van der Waals surface area contributed by atoms with Gasteiger partial charge in [0.05, 0.1) is 12.6 Å². The van der Waals surface area contributed by atoms with E-state index in [0.29, 0.717) is 18.1 Å². The molecule has 23 heavy (non-hydrogen) atoms. The van der Waals surface area contributed by atoms with Gasteiger partial charge in [-0.1, -0.05) is 42.5 Å². The molecule has 0 radical (unpaired) electrons. The van der Waals surface area contributed by atoms with E-state index in [1.807, 2.05) is 49.3 Å². The van der Waals surface area contributed by atoms with Crippen LogP contribution in [0.5, 0.6) is 0 Å². The van der Waals surface area contributed by atoms with Crippen LogP contribution in [-0.4, -0.2) is 36.6 Å². The molecule has 0 heterocycles. The largest absolute Gasteiger partial charge is 0.387 e. The van der Waals surface area contributed by atoms with Crippen LogP contribution in [-0.2, 0) is 6.54 Å². The molecule has 2 aromatic carbocycles. The van der Waals surface area contributed by atoms with Crippen LogP contribution in [0.1, 0.15) is 17.2 Å². The first-order chi connectivity index (χ1) is 11.1. The first-order valence-corrected chi connectivity index (χ1v) is 7.49. The van der Waals surface area contributed by atoms with Crippen LogP contribution >= 0.6 is 0 Å². The maximum Gasteiger partial charge on any atom is 0.193 e. The Balaban J connectivity index is 1.97. The van der Waals surface area contributed by atoms with E-state index in [9.17, 15) is 9.50 Å². The zero-order valence-corrected chi connectivity index (χ0v) is 13.4. The molecule has 0 aliphatic heterocycles. The summed E-state index contributed by atoms with van der Waals surface area (Å²) >= 11 is 0. The minimum atomic E-state index is -0.799. The molecule has 2 rings (SSSR count). The van der Waals surface area contributed by atoms with E-state index in [4.69, 9.17) is 0 Å². The Morgan fingerprint density at radius 1 is 1.17 bits per heavy atom.